The molecule has 0 radical (unpaired) electrons. The summed E-state index contributed by atoms with van der Waals surface area (Å²) in [5.74, 6) is 0.0726. The number of sulfonamides is 1. The van der Waals surface area contributed by atoms with E-state index in [-0.39, 0.29) is 16.5 Å². The first-order chi connectivity index (χ1) is 7.59. The lowest BCUT2D eigenvalue weighted by Crippen LogP contribution is -2.23. The number of primary sulfonamides is 1. The molecule has 2 heterocycles. The van der Waals surface area contributed by atoms with Gasteiger partial charge in [0.2, 0.25) is 0 Å². The molecule has 7 nitrogen and oxygen atoms in total. The predicted molar refractivity (Wildman–Crippen MR) is 54.1 cm³/mol. The van der Waals surface area contributed by atoms with Gasteiger partial charge in [0, 0.05) is 6.20 Å². The normalized spacial score (nSPS) is 15.9. The van der Waals surface area contributed by atoms with Crippen molar-refractivity contribution in [2.24, 2.45) is 10.3 Å². The third kappa shape index (κ3) is 2.12. The fraction of sp³-hybridized carbons (Fsp3) is 0.250. The number of hydrogen-bond donors (Lipinski definition) is 1. The van der Waals surface area contributed by atoms with Gasteiger partial charge in [-0.05, 0) is 17.3 Å². The van der Waals surface area contributed by atoms with E-state index in [0.29, 0.717) is 13.2 Å². The van der Waals surface area contributed by atoms with Crippen LogP contribution in [0.15, 0.2) is 28.5 Å². The maximum atomic E-state index is 11.3. The van der Waals surface area contributed by atoms with Crippen LogP contribution in [0.2, 0.25) is 0 Å². The molecular formula is C8H9N3O4S. The zero-order valence-electron chi connectivity index (χ0n) is 8.16. The van der Waals surface area contributed by atoms with E-state index in [1.165, 1.54) is 12.3 Å². The van der Waals surface area contributed by atoms with Crippen LogP contribution >= 0.6 is 0 Å². The first kappa shape index (κ1) is 10.8. The van der Waals surface area contributed by atoms with E-state index in [0.717, 1.165) is 0 Å². The van der Waals surface area contributed by atoms with E-state index in [2.05, 4.69) is 10.1 Å². The van der Waals surface area contributed by atoms with Crippen LogP contribution < -0.4 is 5.14 Å². The zero-order chi connectivity index (χ0) is 11.6. The Morgan fingerprint density at radius 2 is 2.19 bits per heavy atom. The molecule has 0 spiro atoms. The minimum atomic E-state index is -3.91. The van der Waals surface area contributed by atoms with Crippen LogP contribution in [0.25, 0.3) is 0 Å². The molecule has 0 atom stereocenters. The standard InChI is InChI=1S/C8H9N3O4S/c9-16(12,13)8-6(2-1-3-10-8)7-11-15-5-4-14-7/h1-3H,4-5H2,(H2,9,12,13). The lowest BCUT2D eigenvalue weighted by Gasteiger charge is -2.14. The van der Waals surface area contributed by atoms with Crippen molar-refractivity contribution in [3.05, 3.63) is 23.9 Å². The molecule has 0 saturated carbocycles. The zero-order valence-corrected chi connectivity index (χ0v) is 8.98. The lowest BCUT2D eigenvalue weighted by atomic mass is 10.3. The Kier molecular flexibility index (Phi) is 2.75. The first-order valence-corrected chi connectivity index (χ1v) is 5.94. The van der Waals surface area contributed by atoms with Crippen molar-refractivity contribution >= 4 is 15.9 Å². The van der Waals surface area contributed by atoms with E-state index >= 15 is 0 Å². The molecule has 0 saturated heterocycles. The van der Waals surface area contributed by atoms with Crippen molar-refractivity contribution in [1.82, 2.24) is 4.98 Å². The molecule has 0 amide bonds. The summed E-state index contributed by atoms with van der Waals surface area (Å²) in [5, 5.41) is 8.35. The second kappa shape index (κ2) is 4.06. The van der Waals surface area contributed by atoms with E-state index in [1.54, 1.807) is 6.07 Å². The maximum Gasteiger partial charge on any atom is 0.260 e. The molecule has 1 aliphatic heterocycles. The fourth-order valence-electron chi connectivity index (χ4n) is 1.21. The van der Waals surface area contributed by atoms with E-state index < -0.39 is 10.0 Å². The second-order valence-electron chi connectivity index (χ2n) is 2.98. The number of rotatable bonds is 2. The van der Waals surface area contributed by atoms with Gasteiger partial charge in [-0.2, -0.15) is 0 Å². The Labute approximate surface area is 91.9 Å². The van der Waals surface area contributed by atoms with E-state index in [9.17, 15) is 8.42 Å². The summed E-state index contributed by atoms with van der Waals surface area (Å²) in [6.07, 6.45) is 1.33. The molecule has 2 rings (SSSR count). The highest BCUT2D eigenvalue weighted by Crippen LogP contribution is 2.14. The minimum absolute atomic E-state index is 0.0726. The quantitative estimate of drug-likeness (QED) is 0.749. The summed E-state index contributed by atoms with van der Waals surface area (Å²) in [6.45, 7) is 0.631. The molecule has 16 heavy (non-hydrogen) atoms. The van der Waals surface area contributed by atoms with Crippen molar-refractivity contribution in [3.8, 4) is 0 Å². The highest BCUT2D eigenvalue weighted by Gasteiger charge is 2.22. The van der Waals surface area contributed by atoms with Gasteiger partial charge < -0.3 is 9.57 Å². The van der Waals surface area contributed by atoms with Crippen LogP contribution in [0.4, 0.5) is 0 Å². The van der Waals surface area contributed by atoms with Crippen LogP contribution in [0.5, 0.6) is 0 Å². The molecule has 0 aromatic carbocycles. The minimum Gasteiger partial charge on any atom is -0.471 e. The van der Waals surface area contributed by atoms with Crippen molar-refractivity contribution in [3.63, 3.8) is 0 Å². The molecule has 2 N–H and O–H groups in total. The molecule has 0 fully saturated rings. The van der Waals surface area contributed by atoms with Gasteiger partial charge >= 0.3 is 0 Å². The monoisotopic (exact) mass is 243 g/mol. The van der Waals surface area contributed by atoms with Crippen molar-refractivity contribution in [1.29, 1.82) is 0 Å². The van der Waals surface area contributed by atoms with Gasteiger partial charge in [0.15, 0.2) is 11.6 Å². The van der Waals surface area contributed by atoms with Gasteiger partial charge in [0.05, 0.1) is 5.56 Å². The van der Waals surface area contributed by atoms with Crippen molar-refractivity contribution in [2.75, 3.05) is 13.2 Å². The Morgan fingerprint density at radius 1 is 1.38 bits per heavy atom. The Morgan fingerprint density at radius 3 is 2.81 bits per heavy atom. The van der Waals surface area contributed by atoms with Crippen molar-refractivity contribution in [2.45, 2.75) is 5.03 Å². The summed E-state index contributed by atoms with van der Waals surface area (Å²) in [7, 11) is -3.91. The first-order valence-electron chi connectivity index (χ1n) is 4.40. The molecule has 0 bridgehead atoms. The van der Waals surface area contributed by atoms with Crippen molar-refractivity contribution < 1.29 is 18.0 Å². The van der Waals surface area contributed by atoms with Gasteiger partial charge in [0.25, 0.3) is 15.9 Å². The second-order valence-corrected chi connectivity index (χ2v) is 4.46. The van der Waals surface area contributed by atoms with E-state index in [1.807, 2.05) is 0 Å². The molecule has 8 heteroatoms. The van der Waals surface area contributed by atoms with Gasteiger partial charge in [0.1, 0.15) is 6.61 Å². The highest BCUT2D eigenvalue weighted by molar-refractivity contribution is 7.89. The molecule has 86 valence electrons. The Hall–Kier alpha value is -1.67. The largest absolute Gasteiger partial charge is 0.471 e. The average molecular weight is 243 g/mol. The molecular weight excluding hydrogens is 234 g/mol. The summed E-state index contributed by atoms with van der Waals surface area (Å²) in [6, 6.07) is 3.06. The summed E-state index contributed by atoms with van der Waals surface area (Å²) >= 11 is 0. The topological polar surface area (TPSA) is 104 Å². The van der Waals surface area contributed by atoms with Crippen LogP contribution in [-0.4, -0.2) is 32.5 Å². The molecule has 1 aliphatic rings. The number of hydrogen-bond acceptors (Lipinski definition) is 6. The van der Waals surface area contributed by atoms with Crippen LogP contribution in [0.1, 0.15) is 5.56 Å². The number of ether oxygens (including phenoxy) is 1. The van der Waals surface area contributed by atoms with Gasteiger partial charge in [-0.3, -0.25) is 0 Å². The van der Waals surface area contributed by atoms with Crippen LogP contribution in [0, 0.1) is 0 Å². The summed E-state index contributed by atoms with van der Waals surface area (Å²) < 4.78 is 27.7. The lowest BCUT2D eigenvalue weighted by molar-refractivity contribution is 0.0653. The Balaban J connectivity index is 2.52. The number of nitrogens with two attached hydrogens (primary N) is 1. The average Bonchev–Trinajstić information content (AvgIpc) is 2.29. The SMILES string of the molecule is NS(=O)(=O)c1ncccc1C1=NOCCO1. The molecule has 1 aromatic rings. The van der Waals surface area contributed by atoms with E-state index in [4.69, 9.17) is 14.7 Å². The molecule has 1 aromatic heterocycles. The predicted octanol–water partition coefficient (Wildman–Crippen LogP) is -0.563. The summed E-state index contributed by atoms with van der Waals surface area (Å²) in [5.41, 5.74) is 0.199. The Bertz CT molecular complexity index is 526. The fourth-order valence-corrected chi connectivity index (χ4v) is 1.88. The third-order valence-electron chi connectivity index (χ3n) is 1.83. The smallest absolute Gasteiger partial charge is 0.260 e. The summed E-state index contributed by atoms with van der Waals surface area (Å²) in [4.78, 5) is 8.50. The van der Waals surface area contributed by atoms with Gasteiger partial charge in [-0.25, -0.2) is 18.5 Å². The van der Waals surface area contributed by atoms with Crippen LogP contribution in [-0.2, 0) is 19.6 Å². The number of nitrogens with zero attached hydrogens (tertiary/aromatic N) is 2. The molecule has 0 aliphatic carbocycles. The number of aromatic nitrogens is 1. The number of oxime groups is 1. The third-order valence-corrected chi connectivity index (χ3v) is 2.70. The van der Waals surface area contributed by atoms with Gasteiger partial charge in [-0.1, -0.05) is 0 Å². The maximum absolute atomic E-state index is 11.3. The van der Waals surface area contributed by atoms with Gasteiger partial charge in [-0.15, -0.1) is 0 Å². The molecule has 0 unspecified atom stereocenters. The number of pyridine rings is 1. The highest BCUT2D eigenvalue weighted by atomic mass is 32.2. The van der Waals surface area contributed by atoms with Crippen LogP contribution in [0.3, 0.4) is 0 Å².